The van der Waals surface area contributed by atoms with E-state index >= 15 is 0 Å². The van der Waals surface area contributed by atoms with Crippen molar-refractivity contribution in [1.82, 2.24) is 10.3 Å². The Hall–Kier alpha value is -3.55. The summed E-state index contributed by atoms with van der Waals surface area (Å²) >= 11 is 0. The van der Waals surface area contributed by atoms with Crippen LogP contribution in [0.2, 0.25) is 0 Å². The Labute approximate surface area is 228 Å². The second kappa shape index (κ2) is 10.2. The second-order valence-electron chi connectivity index (χ2n) is 11.4. The van der Waals surface area contributed by atoms with Crippen LogP contribution in [0.1, 0.15) is 32.8 Å². The lowest BCUT2D eigenvalue weighted by molar-refractivity contribution is -0.148. The van der Waals surface area contributed by atoms with Crippen molar-refractivity contribution in [2.24, 2.45) is 29.1 Å². The van der Waals surface area contributed by atoms with Crippen molar-refractivity contribution in [1.29, 1.82) is 0 Å². The third kappa shape index (κ3) is 4.34. The third-order valence-electron chi connectivity index (χ3n) is 9.04. The first-order valence-electron chi connectivity index (χ1n) is 13.6. The van der Waals surface area contributed by atoms with Gasteiger partial charge in [0.2, 0.25) is 5.91 Å². The molecule has 2 aliphatic carbocycles. The minimum absolute atomic E-state index is 0.00855. The number of hydrogen-bond acceptors (Lipinski definition) is 5. The average Bonchev–Trinajstić information content (AvgIpc) is 3.45. The first-order valence-corrected chi connectivity index (χ1v) is 13.6. The van der Waals surface area contributed by atoms with Gasteiger partial charge in [-0.25, -0.2) is 0 Å². The molecule has 1 aromatic heterocycles. The van der Waals surface area contributed by atoms with Crippen molar-refractivity contribution in [2.45, 2.75) is 51.9 Å². The minimum atomic E-state index is -1.63. The molecule has 0 radical (unpaired) electrons. The maximum absolute atomic E-state index is 14.1. The number of benzene rings is 1. The molecule has 5 rings (SSSR count). The molecule has 1 aromatic carbocycles. The van der Waals surface area contributed by atoms with Gasteiger partial charge in [-0.15, -0.1) is 0 Å². The van der Waals surface area contributed by atoms with E-state index in [1.807, 2.05) is 56.5 Å². The molecule has 0 unspecified atom stereocenters. The van der Waals surface area contributed by atoms with Crippen LogP contribution in [0.15, 0.2) is 78.6 Å². The number of rotatable bonds is 2. The van der Waals surface area contributed by atoms with Gasteiger partial charge in [0.25, 0.3) is 0 Å². The molecule has 1 saturated carbocycles. The summed E-state index contributed by atoms with van der Waals surface area (Å²) in [7, 11) is 0. The number of aromatic amines is 1. The van der Waals surface area contributed by atoms with Gasteiger partial charge in [-0.2, -0.15) is 0 Å². The van der Waals surface area contributed by atoms with E-state index in [9.17, 15) is 24.6 Å². The van der Waals surface area contributed by atoms with E-state index in [0.717, 1.165) is 28.6 Å². The molecule has 1 saturated heterocycles. The lowest BCUT2D eigenvalue weighted by Gasteiger charge is -2.48. The van der Waals surface area contributed by atoms with Gasteiger partial charge in [-0.05, 0) is 66.5 Å². The highest BCUT2D eigenvalue weighted by atomic mass is 16.3. The van der Waals surface area contributed by atoms with Crippen molar-refractivity contribution < 1.29 is 24.6 Å². The Kier molecular flexibility index (Phi) is 7.08. The fourth-order valence-corrected chi connectivity index (χ4v) is 7.01. The zero-order valence-corrected chi connectivity index (χ0v) is 22.6. The molecule has 8 atom stereocenters. The highest BCUT2D eigenvalue weighted by Crippen LogP contribution is 2.56. The number of aliphatic hydroxyl groups excluding tert-OH is 2. The van der Waals surface area contributed by atoms with Gasteiger partial charge in [0.15, 0.2) is 11.6 Å². The van der Waals surface area contributed by atoms with Gasteiger partial charge < -0.3 is 20.5 Å². The molecule has 4 N–H and O–H groups in total. The number of H-pyrrole nitrogens is 1. The first-order chi connectivity index (χ1) is 18.6. The van der Waals surface area contributed by atoms with Gasteiger partial charge in [0, 0.05) is 35.0 Å². The zero-order chi connectivity index (χ0) is 28.1. The molecule has 1 amide bonds. The number of para-hydroxylation sites is 1. The zero-order valence-electron chi connectivity index (χ0n) is 22.6. The fourth-order valence-electron chi connectivity index (χ4n) is 7.01. The highest BCUT2D eigenvalue weighted by molar-refractivity contribution is 6.15. The van der Waals surface area contributed by atoms with Gasteiger partial charge in [-0.3, -0.25) is 14.4 Å². The molecule has 204 valence electrons. The number of aliphatic hydroxyl groups is 2. The molecule has 7 heteroatoms. The summed E-state index contributed by atoms with van der Waals surface area (Å²) in [4.78, 5) is 44.2. The number of aromatic nitrogens is 1. The monoisotopic (exact) mass is 528 g/mol. The molecule has 7 nitrogen and oxygen atoms in total. The molecule has 3 aliphatic rings. The fraction of sp³-hybridized carbons (Fsp3) is 0.406. The maximum Gasteiger partial charge on any atom is 0.235 e. The smallest absolute Gasteiger partial charge is 0.235 e. The van der Waals surface area contributed by atoms with E-state index in [-0.39, 0.29) is 11.8 Å². The van der Waals surface area contributed by atoms with E-state index in [1.165, 1.54) is 0 Å². The van der Waals surface area contributed by atoms with Crippen LogP contribution >= 0.6 is 0 Å². The molecular weight excluding hydrogens is 492 g/mol. The van der Waals surface area contributed by atoms with Crippen molar-refractivity contribution in [3.8, 4) is 0 Å². The quantitative estimate of drug-likeness (QED) is 0.351. The van der Waals surface area contributed by atoms with E-state index in [1.54, 1.807) is 13.0 Å². The van der Waals surface area contributed by atoms with E-state index in [2.05, 4.69) is 16.9 Å². The summed E-state index contributed by atoms with van der Waals surface area (Å²) in [6.45, 7) is 9.74. The molecule has 2 heterocycles. The molecule has 2 fully saturated rings. The maximum atomic E-state index is 14.1. The van der Waals surface area contributed by atoms with Gasteiger partial charge in [0.1, 0.15) is 11.5 Å². The van der Waals surface area contributed by atoms with Gasteiger partial charge >= 0.3 is 0 Å². The minimum Gasteiger partial charge on any atom is -0.388 e. The van der Waals surface area contributed by atoms with Crippen LogP contribution in [-0.4, -0.2) is 50.9 Å². The number of fused-ring (bicyclic) bond motifs is 1. The van der Waals surface area contributed by atoms with Crippen LogP contribution < -0.4 is 5.32 Å². The Balaban J connectivity index is 1.63. The number of carbonyl (C=O) groups excluding carboxylic acids is 3. The summed E-state index contributed by atoms with van der Waals surface area (Å²) in [5.74, 6) is -3.34. The molecule has 39 heavy (non-hydrogen) atoms. The second-order valence-corrected chi connectivity index (χ2v) is 11.4. The molecule has 1 spiro atoms. The topological polar surface area (TPSA) is 119 Å². The van der Waals surface area contributed by atoms with Crippen molar-refractivity contribution >= 4 is 28.4 Å². The summed E-state index contributed by atoms with van der Waals surface area (Å²) in [5.41, 5.74) is 1.46. The number of carbonyl (C=O) groups is 3. The molecule has 0 bridgehead atoms. The third-order valence-corrected chi connectivity index (χ3v) is 9.04. The van der Waals surface area contributed by atoms with E-state index in [4.69, 9.17) is 0 Å². The lowest BCUT2D eigenvalue weighted by atomic mass is 9.52. The van der Waals surface area contributed by atoms with Crippen LogP contribution in [0.5, 0.6) is 0 Å². The predicted octanol–water partition coefficient (Wildman–Crippen LogP) is 3.59. The average molecular weight is 529 g/mol. The Morgan fingerprint density at radius 1 is 1.10 bits per heavy atom. The Bertz CT molecular complexity index is 1430. The van der Waals surface area contributed by atoms with Crippen molar-refractivity contribution in [2.75, 3.05) is 0 Å². The number of ketones is 2. The summed E-state index contributed by atoms with van der Waals surface area (Å²) in [6.07, 6.45) is 8.17. The standard InChI is InChI=1S/C32H36N2O5/c1-17-8-7-10-23-30(38)20(4)19(3)28-25(15-21-16-33-24-11-6-5-9-22(21)24)34-31(39)32(23,28)27(36)13-12-26(35)29(37)18(2)14-17/h5-7,9-14,16-17,19,23,25,28-30,33,37-38H,4,8,15H2,1-3H3,(H,34,39)/b10-7-,13-12-,18-14-/t17-,19+,23-,25-,28-,29+,30+,32+/m0/s1. The SMILES string of the molecule is C=C1[C@@H](C)[C@H]2[C@H](Cc3c[nH]c4ccccc34)NC(=O)[C@]23C(=O)/C=C\C(=O)[C@H](O)/C(C)=C\[C@@H](C)C/C=C\[C@H]3[C@@H]1O. The number of hydrogen-bond donors (Lipinski definition) is 4. The van der Waals surface area contributed by atoms with Gasteiger partial charge in [-0.1, -0.05) is 56.9 Å². The number of allylic oxidation sites excluding steroid dienone is 3. The van der Waals surface area contributed by atoms with E-state index in [0.29, 0.717) is 24.0 Å². The molecule has 2 aromatic rings. The van der Waals surface area contributed by atoms with Crippen LogP contribution in [0.4, 0.5) is 0 Å². The van der Waals surface area contributed by atoms with Crippen LogP contribution in [0, 0.1) is 29.1 Å². The summed E-state index contributed by atoms with van der Waals surface area (Å²) in [5, 5.41) is 26.1. The predicted molar refractivity (Wildman–Crippen MR) is 149 cm³/mol. The largest absolute Gasteiger partial charge is 0.388 e. The lowest BCUT2D eigenvalue weighted by Crippen LogP contribution is -2.58. The Morgan fingerprint density at radius 3 is 2.62 bits per heavy atom. The van der Waals surface area contributed by atoms with E-state index < -0.39 is 53.0 Å². The van der Waals surface area contributed by atoms with Crippen LogP contribution in [0.25, 0.3) is 10.9 Å². The highest BCUT2D eigenvalue weighted by Gasteiger charge is 2.68. The van der Waals surface area contributed by atoms with Crippen LogP contribution in [-0.2, 0) is 20.8 Å². The summed E-state index contributed by atoms with van der Waals surface area (Å²) in [6, 6.07) is 7.53. The number of nitrogens with one attached hydrogen (secondary N) is 2. The normalized spacial score (nSPS) is 38.5. The molecular formula is C32H36N2O5. The van der Waals surface area contributed by atoms with Crippen LogP contribution in [0.3, 0.4) is 0 Å². The summed E-state index contributed by atoms with van der Waals surface area (Å²) < 4.78 is 0. The first kappa shape index (κ1) is 27.0. The van der Waals surface area contributed by atoms with Crippen molar-refractivity contribution in [3.05, 3.63) is 84.1 Å². The Morgan fingerprint density at radius 2 is 1.85 bits per heavy atom. The molecule has 1 aliphatic heterocycles. The number of amides is 1. The van der Waals surface area contributed by atoms with Crippen molar-refractivity contribution in [3.63, 3.8) is 0 Å². The van der Waals surface area contributed by atoms with Gasteiger partial charge in [0.05, 0.1) is 6.10 Å².